The number of hydrogen-bond acceptors (Lipinski definition) is 5. The first-order valence-electron chi connectivity index (χ1n) is 10.9. The molecule has 2 heterocycles. The zero-order chi connectivity index (χ0) is 23.8. The van der Waals surface area contributed by atoms with E-state index in [1.807, 2.05) is 61.1 Å². The standard InChI is InChI=1S/C28H23NO5/c1-17-25(33-16-24(30)18-7-5-4-6-8-18)12-10-21-27(31)26(34-28(17)21)13-19-15-29(2)23-11-9-20(32-3)14-22(19)23/h4-15H,16H2,1-3H3/b26-13-. The number of hydrogen-bond donors (Lipinski definition) is 0. The predicted octanol–water partition coefficient (Wildman–Crippen LogP) is 5.37. The third-order valence-electron chi connectivity index (χ3n) is 6.01. The summed E-state index contributed by atoms with van der Waals surface area (Å²) in [5, 5.41) is 0.960. The Labute approximate surface area is 197 Å². The molecule has 0 spiro atoms. The van der Waals surface area contributed by atoms with Crippen LogP contribution in [0.15, 0.2) is 72.6 Å². The second kappa shape index (κ2) is 8.56. The molecule has 0 aliphatic carbocycles. The molecule has 0 atom stereocenters. The second-order valence-corrected chi connectivity index (χ2v) is 8.16. The van der Waals surface area contributed by atoms with E-state index in [4.69, 9.17) is 14.2 Å². The molecule has 0 fully saturated rings. The molecule has 6 heteroatoms. The summed E-state index contributed by atoms with van der Waals surface area (Å²) < 4.78 is 19.1. The number of ether oxygens (including phenoxy) is 3. The molecule has 0 N–H and O–H groups in total. The Hall–Kier alpha value is -4.32. The molecule has 34 heavy (non-hydrogen) atoms. The molecule has 6 nitrogen and oxygen atoms in total. The van der Waals surface area contributed by atoms with Gasteiger partial charge in [0.05, 0.1) is 12.7 Å². The monoisotopic (exact) mass is 453 g/mol. The number of fused-ring (bicyclic) bond motifs is 2. The summed E-state index contributed by atoms with van der Waals surface area (Å²) >= 11 is 0. The van der Waals surface area contributed by atoms with Gasteiger partial charge in [-0.15, -0.1) is 0 Å². The fourth-order valence-corrected chi connectivity index (χ4v) is 4.16. The Kier molecular flexibility index (Phi) is 5.42. The number of methoxy groups -OCH3 is 1. The third kappa shape index (κ3) is 3.73. The van der Waals surface area contributed by atoms with Crippen LogP contribution >= 0.6 is 0 Å². The largest absolute Gasteiger partial charge is 0.497 e. The molecular weight excluding hydrogens is 430 g/mol. The summed E-state index contributed by atoms with van der Waals surface area (Å²) in [6, 6.07) is 18.2. The van der Waals surface area contributed by atoms with Gasteiger partial charge in [-0.25, -0.2) is 0 Å². The second-order valence-electron chi connectivity index (χ2n) is 8.16. The van der Waals surface area contributed by atoms with Gasteiger partial charge >= 0.3 is 0 Å². The zero-order valence-corrected chi connectivity index (χ0v) is 19.1. The molecule has 0 saturated heterocycles. The number of rotatable bonds is 6. The van der Waals surface area contributed by atoms with E-state index in [9.17, 15) is 9.59 Å². The minimum absolute atomic E-state index is 0.0991. The van der Waals surface area contributed by atoms with Gasteiger partial charge in [-0.2, -0.15) is 0 Å². The Balaban J connectivity index is 1.42. The lowest BCUT2D eigenvalue weighted by molar-refractivity contribution is 0.0920. The first-order valence-corrected chi connectivity index (χ1v) is 10.9. The first kappa shape index (κ1) is 21.5. The normalized spacial score (nSPS) is 13.7. The van der Waals surface area contributed by atoms with E-state index in [0.29, 0.717) is 28.2 Å². The Bertz CT molecular complexity index is 1460. The molecule has 1 aliphatic heterocycles. The van der Waals surface area contributed by atoms with E-state index in [1.165, 1.54) is 0 Å². The van der Waals surface area contributed by atoms with E-state index in [-0.39, 0.29) is 23.9 Å². The van der Waals surface area contributed by atoms with Crippen LogP contribution in [0.3, 0.4) is 0 Å². The maximum Gasteiger partial charge on any atom is 0.231 e. The van der Waals surface area contributed by atoms with Crippen LogP contribution in [0.5, 0.6) is 17.2 Å². The van der Waals surface area contributed by atoms with Gasteiger partial charge in [-0.05, 0) is 43.3 Å². The van der Waals surface area contributed by atoms with Crippen molar-refractivity contribution < 1.29 is 23.8 Å². The van der Waals surface area contributed by atoms with Gasteiger partial charge in [0.15, 0.2) is 18.1 Å². The fraction of sp³-hybridized carbons (Fsp3) is 0.143. The van der Waals surface area contributed by atoms with Crippen LogP contribution < -0.4 is 14.2 Å². The molecule has 0 saturated carbocycles. The number of carbonyl (C=O) groups excluding carboxylic acids is 2. The van der Waals surface area contributed by atoms with Crippen molar-refractivity contribution in [2.24, 2.45) is 7.05 Å². The van der Waals surface area contributed by atoms with E-state index in [2.05, 4.69) is 0 Å². The van der Waals surface area contributed by atoms with Crippen LogP contribution in [-0.2, 0) is 7.05 Å². The molecule has 1 aliphatic rings. The van der Waals surface area contributed by atoms with Crippen LogP contribution in [0.1, 0.15) is 31.8 Å². The number of benzene rings is 3. The highest BCUT2D eigenvalue weighted by Gasteiger charge is 2.30. The molecule has 4 aromatic rings. The third-order valence-corrected chi connectivity index (χ3v) is 6.01. The van der Waals surface area contributed by atoms with Gasteiger partial charge in [0.25, 0.3) is 0 Å². The average Bonchev–Trinajstić information content (AvgIpc) is 3.35. The predicted molar refractivity (Wildman–Crippen MR) is 130 cm³/mol. The van der Waals surface area contributed by atoms with Crippen molar-refractivity contribution >= 4 is 28.5 Å². The zero-order valence-electron chi connectivity index (χ0n) is 19.1. The summed E-state index contributed by atoms with van der Waals surface area (Å²) in [6.07, 6.45) is 3.70. The maximum atomic E-state index is 13.1. The van der Waals surface area contributed by atoms with E-state index in [1.54, 1.807) is 37.5 Å². The van der Waals surface area contributed by atoms with Gasteiger partial charge in [0, 0.05) is 40.8 Å². The highest BCUT2D eigenvalue weighted by atomic mass is 16.5. The number of nitrogens with zero attached hydrogens (tertiary/aromatic N) is 1. The van der Waals surface area contributed by atoms with Crippen molar-refractivity contribution in [3.05, 3.63) is 94.9 Å². The number of aromatic nitrogens is 1. The smallest absolute Gasteiger partial charge is 0.231 e. The highest BCUT2D eigenvalue weighted by Crippen LogP contribution is 2.40. The molecule has 170 valence electrons. The minimum atomic E-state index is -0.190. The van der Waals surface area contributed by atoms with Gasteiger partial charge in [0.1, 0.15) is 17.2 Å². The number of allylic oxidation sites excluding steroid dienone is 1. The fourth-order valence-electron chi connectivity index (χ4n) is 4.16. The van der Waals surface area contributed by atoms with Gasteiger partial charge < -0.3 is 18.8 Å². The van der Waals surface area contributed by atoms with Crippen molar-refractivity contribution in [3.63, 3.8) is 0 Å². The van der Waals surface area contributed by atoms with Crippen molar-refractivity contribution in [1.29, 1.82) is 0 Å². The Morgan fingerprint density at radius 2 is 1.88 bits per heavy atom. The molecule has 1 aromatic heterocycles. The SMILES string of the molecule is COc1ccc2c(c1)c(/C=C1\Oc3c(ccc(OCC(=O)c4ccccc4)c3C)C1=O)cn2C. The van der Waals surface area contributed by atoms with Crippen molar-refractivity contribution in [1.82, 2.24) is 4.57 Å². The van der Waals surface area contributed by atoms with Crippen LogP contribution in [0.4, 0.5) is 0 Å². The lowest BCUT2D eigenvalue weighted by atomic mass is 10.1. The summed E-state index contributed by atoms with van der Waals surface area (Å²) in [4.78, 5) is 25.5. The highest BCUT2D eigenvalue weighted by molar-refractivity contribution is 6.15. The van der Waals surface area contributed by atoms with Crippen LogP contribution in [0.25, 0.3) is 17.0 Å². The topological polar surface area (TPSA) is 66.8 Å². The van der Waals surface area contributed by atoms with Crippen LogP contribution in [0.2, 0.25) is 0 Å². The molecule has 0 bridgehead atoms. The van der Waals surface area contributed by atoms with Crippen molar-refractivity contribution in [2.75, 3.05) is 13.7 Å². The summed E-state index contributed by atoms with van der Waals surface area (Å²) in [7, 11) is 3.58. The number of ketones is 2. The van der Waals surface area contributed by atoms with Crippen molar-refractivity contribution in [3.8, 4) is 17.2 Å². The lowest BCUT2D eigenvalue weighted by Gasteiger charge is -2.11. The first-order chi connectivity index (χ1) is 16.5. The number of aryl methyl sites for hydroxylation is 1. The Morgan fingerprint density at radius 1 is 1.09 bits per heavy atom. The van der Waals surface area contributed by atoms with E-state index < -0.39 is 0 Å². The summed E-state index contributed by atoms with van der Waals surface area (Å²) in [5.41, 5.74) is 3.61. The van der Waals surface area contributed by atoms with Crippen LogP contribution in [0, 0.1) is 6.92 Å². The van der Waals surface area contributed by atoms with E-state index in [0.717, 1.165) is 22.2 Å². The molecule has 0 unspecified atom stereocenters. The molecule has 3 aromatic carbocycles. The average molecular weight is 453 g/mol. The van der Waals surface area contributed by atoms with E-state index >= 15 is 0 Å². The summed E-state index contributed by atoms with van der Waals surface area (Å²) in [6.45, 7) is 1.72. The maximum absolute atomic E-state index is 13.1. The molecular formula is C28H23NO5. The molecule has 0 amide bonds. The number of Topliss-reactive ketones (excluding diaryl/α,β-unsaturated/α-hetero) is 2. The van der Waals surface area contributed by atoms with Gasteiger partial charge in [0.2, 0.25) is 5.78 Å². The van der Waals surface area contributed by atoms with Gasteiger partial charge in [-0.3, -0.25) is 9.59 Å². The molecule has 0 radical (unpaired) electrons. The van der Waals surface area contributed by atoms with Crippen LogP contribution in [-0.4, -0.2) is 29.9 Å². The minimum Gasteiger partial charge on any atom is -0.497 e. The Morgan fingerprint density at radius 3 is 2.65 bits per heavy atom. The number of carbonyl (C=O) groups is 2. The molecule has 5 rings (SSSR count). The van der Waals surface area contributed by atoms with Gasteiger partial charge in [-0.1, -0.05) is 30.3 Å². The lowest BCUT2D eigenvalue weighted by Crippen LogP contribution is -2.12. The summed E-state index contributed by atoms with van der Waals surface area (Å²) in [5.74, 6) is 1.63. The quantitative estimate of drug-likeness (QED) is 0.290. The van der Waals surface area contributed by atoms with Crippen molar-refractivity contribution in [2.45, 2.75) is 6.92 Å².